The van der Waals surface area contributed by atoms with Gasteiger partial charge in [-0.15, -0.1) is 0 Å². The van der Waals surface area contributed by atoms with Crippen LogP contribution in [0.15, 0.2) is 12.2 Å². The molecule has 1 atom stereocenters. The van der Waals surface area contributed by atoms with Gasteiger partial charge in [-0.1, -0.05) is 12.2 Å². The van der Waals surface area contributed by atoms with E-state index in [1.807, 2.05) is 0 Å². The predicted molar refractivity (Wildman–Crippen MR) is 44.3 cm³/mol. The van der Waals surface area contributed by atoms with Crippen molar-refractivity contribution in [2.45, 2.75) is 25.6 Å². The van der Waals surface area contributed by atoms with E-state index in [2.05, 4.69) is 11.3 Å². The zero-order valence-electron chi connectivity index (χ0n) is 7.53. The Kier molecular flexibility index (Phi) is 5.02. The van der Waals surface area contributed by atoms with Gasteiger partial charge >= 0.3 is 6.18 Å². The SMILES string of the molecule is C=C(C)C(N)CCOCC(F)(F)F. The van der Waals surface area contributed by atoms with E-state index < -0.39 is 12.8 Å². The van der Waals surface area contributed by atoms with E-state index in [1.54, 1.807) is 6.92 Å². The molecule has 0 radical (unpaired) electrons. The van der Waals surface area contributed by atoms with Crippen molar-refractivity contribution >= 4 is 0 Å². The van der Waals surface area contributed by atoms with E-state index >= 15 is 0 Å². The lowest BCUT2D eigenvalue weighted by Gasteiger charge is -2.12. The summed E-state index contributed by atoms with van der Waals surface area (Å²) in [7, 11) is 0. The molecule has 0 saturated heterocycles. The van der Waals surface area contributed by atoms with Crippen molar-refractivity contribution in [1.29, 1.82) is 0 Å². The molecule has 0 rings (SSSR count). The fraction of sp³-hybridized carbons (Fsp3) is 0.750. The lowest BCUT2D eigenvalue weighted by atomic mass is 10.1. The first-order valence-electron chi connectivity index (χ1n) is 3.88. The number of halogens is 3. The van der Waals surface area contributed by atoms with Crippen molar-refractivity contribution < 1.29 is 17.9 Å². The fourth-order valence-electron chi connectivity index (χ4n) is 0.645. The standard InChI is InChI=1S/C8H14F3NO/c1-6(2)7(12)3-4-13-5-8(9,10)11/h7H,1,3-5,12H2,2H3. The molecule has 0 aliphatic heterocycles. The largest absolute Gasteiger partial charge is 0.411 e. The van der Waals surface area contributed by atoms with Crippen molar-refractivity contribution in [1.82, 2.24) is 0 Å². The van der Waals surface area contributed by atoms with E-state index in [0.717, 1.165) is 5.57 Å². The maximum Gasteiger partial charge on any atom is 0.411 e. The van der Waals surface area contributed by atoms with Crippen LogP contribution < -0.4 is 5.73 Å². The van der Waals surface area contributed by atoms with Crippen LogP contribution in [0.25, 0.3) is 0 Å². The van der Waals surface area contributed by atoms with Crippen LogP contribution in [0.2, 0.25) is 0 Å². The van der Waals surface area contributed by atoms with Gasteiger partial charge in [0.25, 0.3) is 0 Å². The molecule has 0 heterocycles. The van der Waals surface area contributed by atoms with Gasteiger partial charge in [-0.05, 0) is 13.3 Å². The van der Waals surface area contributed by atoms with Gasteiger partial charge in [0.05, 0.1) is 0 Å². The maximum atomic E-state index is 11.6. The summed E-state index contributed by atoms with van der Waals surface area (Å²) in [5, 5.41) is 0. The van der Waals surface area contributed by atoms with Crippen molar-refractivity contribution in [3.63, 3.8) is 0 Å². The van der Waals surface area contributed by atoms with Gasteiger partial charge in [0.15, 0.2) is 0 Å². The van der Waals surface area contributed by atoms with E-state index in [9.17, 15) is 13.2 Å². The van der Waals surface area contributed by atoms with Gasteiger partial charge in [-0.3, -0.25) is 0 Å². The second-order valence-corrected chi connectivity index (χ2v) is 2.91. The summed E-state index contributed by atoms with van der Waals surface area (Å²) in [4.78, 5) is 0. The predicted octanol–water partition coefficient (Wildman–Crippen LogP) is 1.86. The summed E-state index contributed by atoms with van der Waals surface area (Å²) in [6, 6.07) is -0.284. The van der Waals surface area contributed by atoms with E-state index in [-0.39, 0.29) is 12.6 Å². The van der Waals surface area contributed by atoms with Crippen LogP contribution in [-0.4, -0.2) is 25.4 Å². The summed E-state index contributed by atoms with van der Waals surface area (Å²) in [5.74, 6) is 0. The third kappa shape index (κ3) is 7.80. The summed E-state index contributed by atoms with van der Waals surface area (Å²) >= 11 is 0. The second-order valence-electron chi connectivity index (χ2n) is 2.91. The van der Waals surface area contributed by atoms with E-state index in [0.29, 0.717) is 6.42 Å². The molecule has 13 heavy (non-hydrogen) atoms. The second kappa shape index (κ2) is 5.24. The number of nitrogens with two attached hydrogens (primary N) is 1. The Morgan fingerprint density at radius 3 is 2.46 bits per heavy atom. The lowest BCUT2D eigenvalue weighted by Crippen LogP contribution is -2.24. The van der Waals surface area contributed by atoms with Crippen molar-refractivity contribution in [3.8, 4) is 0 Å². The average Bonchev–Trinajstić information content (AvgIpc) is 1.95. The van der Waals surface area contributed by atoms with Crippen molar-refractivity contribution in [2.75, 3.05) is 13.2 Å². The average molecular weight is 197 g/mol. The van der Waals surface area contributed by atoms with E-state index in [1.165, 1.54) is 0 Å². The molecule has 78 valence electrons. The molecule has 0 aliphatic rings. The molecule has 5 heteroatoms. The molecule has 0 amide bonds. The lowest BCUT2D eigenvalue weighted by molar-refractivity contribution is -0.174. The van der Waals surface area contributed by atoms with Gasteiger partial charge < -0.3 is 10.5 Å². The summed E-state index contributed by atoms with van der Waals surface area (Å²) in [6.07, 6.45) is -3.89. The van der Waals surface area contributed by atoms with Gasteiger partial charge in [-0.2, -0.15) is 13.2 Å². The highest BCUT2D eigenvalue weighted by Crippen LogP contribution is 2.14. The summed E-state index contributed by atoms with van der Waals surface area (Å²) in [6.45, 7) is 4.11. The van der Waals surface area contributed by atoms with Gasteiger partial charge in [0.2, 0.25) is 0 Å². The van der Waals surface area contributed by atoms with Crippen LogP contribution in [0.3, 0.4) is 0 Å². The minimum Gasteiger partial charge on any atom is -0.372 e. The monoisotopic (exact) mass is 197 g/mol. The van der Waals surface area contributed by atoms with Crippen molar-refractivity contribution in [2.24, 2.45) is 5.73 Å². The molecule has 1 unspecified atom stereocenters. The molecule has 2 N–H and O–H groups in total. The summed E-state index contributed by atoms with van der Waals surface area (Å²) in [5.41, 5.74) is 6.25. The molecule has 0 saturated carbocycles. The Balaban J connectivity index is 3.41. The zero-order valence-corrected chi connectivity index (χ0v) is 7.53. The molecule has 0 bridgehead atoms. The number of alkyl halides is 3. The number of ether oxygens (including phenoxy) is 1. The Hall–Kier alpha value is -0.550. The van der Waals surface area contributed by atoms with Crippen LogP contribution in [0.4, 0.5) is 13.2 Å². The number of rotatable bonds is 5. The third-order valence-electron chi connectivity index (χ3n) is 1.47. The van der Waals surface area contributed by atoms with Crippen LogP contribution in [-0.2, 0) is 4.74 Å². The van der Waals surface area contributed by atoms with Gasteiger partial charge in [-0.25, -0.2) is 0 Å². The molecule has 0 aromatic heterocycles. The molecular formula is C8H14F3NO. The fourth-order valence-corrected chi connectivity index (χ4v) is 0.645. The normalized spacial score (nSPS) is 14.2. The van der Waals surface area contributed by atoms with Gasteiger partial charge in [0, 0.05) is 12.6 Å². The molecule has 2 nitrogen and oxygen atoms in total. The third-order valence-corrected chi connectivity index (χ3v) is 1.47. The first kappa shape index (κ1) is 12.4. The first-order chi connectivity index (χ1) is 5.83. The number of hydrogen-bond donors (Lipinski definition) is 1. The zero-order chi connectivity index (χ0) is 10.5. The minimum atomic E-state index is -4.26. The molecular weight excluding hydrogens is 183 g/mol. The topological polar surface area (TPSA) is 35.2 Å². The van der Waals surface area contributed by atoms with Crippen LogP contribution in [0.1, 0.15) is 13.3 Å². The van der Waals surface area contributed by atoms with Crippen LogP contribution in [0.5, 0.6) is 0 Å². The summed E-state index contributed by atoms with van der Waals surface area (Å²) < 4.78 is 39.1. The minimum absolute atomic E-state index is 0.00748. The van der Waals surface area contributed by atoms with Crippen LogP contribution in [0, 0.1) is 0 Å². The Labute approximate surface area is 75.6 Å². The van der Waals surface area contributed by atoms with Gasteiger partial charge in [0.1, 0.15) is 6.61 Å². The smallest absolute Gasteiger partial charge is 0.372 e. The quantitative estimate of drug-likeness (QED) is 0.539. The highest BCUT2D eigenvalue weighted by Gasteiger charge is 2.27. The highest BCUT2D eigenvalue weighted by atomic mass is 19.4. The molecule has 0 aromatic rings. The molecule has 0 fully saturated rings. The molecule has 0 aliphatic carbocycles. The van der Waals surface area contributed by atoms with Crippen molar-refractivity contribution in [3.05, 3.63) is 12.2 Å². The van der Waals surface area contributed by atoms with E-state index in [4.69, 9.17) is 5.73 Å². The highest BCUT2D eigenvalue weighted by molar-refractivity contribution is 4.99. The Bertz CT molecular complexity index is 167. The maximum absolute atomic E-state index is 11.6. The molecule has 0 spiro atoms. The van der Waals surface area contributed by atoms with Crippen LogP contribution >= 0.6 is 0 Å². The first-order valence-corrected chi connectivity index (χ1v) is 3.88. The molecule has 0 aromatic carbocycles. The number of hydrogen-bond acceptors (Lipinski definition) is 2. The Morgan fingerprint density at radius 2 is 2.08 bits per heavy atom. The Morgan fingerprint density at radius 1 is 1.54 bits per heavy atom.